The van der Waals surface area contributed by atoms with Crippen LogP contribution in [-0.4, -0.2) is 11.1 Å². The number of hydrogen-bond donors (Lipinski definition) is 1. The van der Waals surface area contributed by atoms with Gasteiger partial charge in [-0.2, -0.15) is 0 Å². The molecule has 0 atom stereocenters. The molecule has 8 heteroatoms. The van der Waals surface area contributed by atoms with E-state index < -0.39 is 40.6 Å². The van der Waals surface area contributed by atoms with Crippen molar-refractivity contribution in [2.75, 3.05) is 0 Å². The van der Waals surface area contributed by atoms with Crippen LogP contribution in [0.1, 0.15) is 4.88 Å². The standard InChI is InChI=1S/C13H5F5O2S/c14-9-8(10(15)12(17)13(18)11(9)16)6-3-1-5(21-6)2-4-7(19)20/h1-4H,(H,19,20)/b4-2+. The topological polar surface area (TPSA) is 37.3 Å². The van der Waals surface area contributed by atoms with Crippen LogP contribution in [0.5, 0.6) is 0 Å². The van der Waals surface area contributed by atoms with E-state index >= 15 is 0 Å². The number of aliphatic carboxylic acids is 1. The first-order valence-corrected chi connectivity index (χ1v) is 6.17. The molecule has 1 heterocycles. The summed E-state index contributed by atoms with van der Waals surface area (Å²) < 4.78 is 66.3. The lowest BCUT2D eigenvalue weighted by atomic mass is 10.1. The van der Waals surface area contributed by atoms with Crippen molar-refractivity contribution < 1.29 is 31.9 Å². The molecule has 1 aromatic heterocycles. The number of rotatable bonds is 3. The van der Waals surface area contributed by atoms with Gasteiger partial charge in [-0.15, -0.1) is 11.3 Å². The number of thiophene rings is 1. The van der Waals surface area contributed by atoms with Crippen molar-refractivity contribution in [3.05, 3.63) is 52.2 Å². The van der Waals surface area contributed by atoms with E-state index in [1.54, 1.807) is 0 Å². The minimum absolute atomic E-state index is 0.201. The van der Waals surface area contributed by atoms with E-state index in [4.69, 9.17) is 5.11 Å². The Morgan fingerprint density at radius 1 is 0.952 bits per heavy atom. The van der Waals surface area contributed by atoms with Gasteiger partial charge in [-0.3, -0.25) is 0 Å². The molecule has 0 fully saturated rings. The number of benzene rings is 1. The molecule has 0 radical (unpaired) electrons. The highest BCUT2D eigenvalue weighted by Gasteiger charge is 2.27. The van der Waals surface area contributed by atoms with Crippen LogP contribution in [0.15, 0.2) is 18.2 Å². The highest BCUT2D eigenvalue weighted by atomic mass is 32.1. The second-order valence-corrected chi connectivity index (χ2v) is 4.93. The summed E-state index contributed by atoms with van der Waals surface area (Å²) in [6.45, 7) is 0. The second-order valence-electron chi connectivity index (χ2n) is 3.82. The molecule has 0 saturated carbocycles. The van der Waals surface area contributed by atoms with Crippen LogP contribution in [0.3, 0.4) is 0 Å². The van der Waals surface area contributed by atoms with Gasteiger partial charge >= 0.3 is 5.97 Å². The predicted octanol–water partition coefficient (Wildman–Crippen LogP) is 4.21. The highest BCUT2D eigenvalue weighted by molar-refractivity contribution is 7.16. The summed E-state index contributed by atoms with van der Waals surface area (Å²) in [7, 11) is 0. The molecule has 0 amide bonds. The Morgan fingerprint density at radius 2 is 1.48 bits per heavy atom. The molecule has 0 aliphatic rings. The first kappa shape index (κ1) is 15.2. The maximum absolute atomic E-state index is 13.6. The first-order chi connectivity index (χ1) is 9.82. The number of carbonyl (C=O) groups is 1. The maximum atomic E-state index is 13.6. The zero-order valence-electron chi connectivity index (χ0n) is 9.96. The summed E-state index contributed by atoms with van der Waals surface area (Å²) in [4.78, 5) is 10.4. The second kappa shape index (κ2) is 5.65. The largest absolute Gasteiger partial charge is 0.478 e. The zero-order valence-corrected chi connectivity index (χ0v) is 10.8. The van der Waals surface area contributed by atoms with Gasteiger partial charge in [-0.25, -0.2) is 26.7 Å². The molecule has 0 unspecified atom stereocenters. The van der Waals surface area contributed by atoms with Crippen LogP contribution < -0.4 is 0 Å². The van der Waals surface area contributed by atoms with Gasteiger partial charge in [0.15, 0.2) is 23.3 Å². The van der Waals surface area contributed by atoms with Gasteiger partial charge in [0, 0.05) is 15.8 Å². The van der Waals surface area contributed by atoms with E-state index in [-0.39, 0.29) is 9.75 Å². The lowest BCUT2D eigenvalue weighted by Gasteiger charge is -2.05. The Hall–Kier alpha value is -2.22. The molecular weight excluding hydrogens is 315 g/mol. The molecule has 21 heavy (non-hydrogen) atoms. The van der Waals surface area contributed by atoms with Gasteiger partial charge in [0.2, 0.25) is 5.82 Å². The third-order valence-corrected chi connectivity index (χ3v) is 3.54. The summed E-state index contributed by atoms with van der Waals surface area (Å²) in [5.74, 6) is -11.4. The molecule has 2 nitrogen and oxygen atoms in total. The fourth-order valence-corrected chi connectivity index (χ4v) is 2.49. The lowest BCUT2D eigenvalue weighted by Crippen LogP contribution is -2.03. The molecule has 110 valence electrons. The monoisotopic (exact) mass is 320 g/mol. The molecule has 0 bridgehead atoms. The summed E-state index contributed by atoms with van der Waals surface area (Å²) in [6, 6.07) is 2.45. The van der Waals surface area contributed by atoms with Crippen molar-refractivity contribution in [2.24, 2.45) is 0 Å². The molecule has 2 aromatic rings. The molecule has 2 rings (SSSR count). The average Bonchev–Trinajstić information content (AvgIpc) is 2.89. The van der Waals surface area contributed by atoms with Gasteiger partial charge in [-0.1, -0.05) is 0 Å². The Labute approximate surface area is 118 Å². The number of hydrogen-bond acceptors (Lipinski definition) is 2. The fourth-order valence-electron chi connectivity index (χ4n) is 1.55. The summed E-state index contributed by atoms with van der Waals surface area (Å²) in [5.41, 5.74) is -1.04. The first-order valence-electron chi connectivity index (χ1n) is 5.35. The number of carboxylic acids is 1. The van der Waals surface area contributed by atoms with Crippen molar-refractivity contribution in [1.82, 2.24) is 0 Å². The molecule has 1 N–H and O–H groups in total. The van der Waals surface area contributed by atoms with E-state index in [2.05, 4.69) is 0 Å². The Bertz CT molecular complexity index is 722. The third-order valence-electron chi connectivity index (χ3n) is 2.47. The van der Waals surface area contributed by atoms with Crippen molar-refractivity contribution in [3.8, 4) is 10.4 Å². The fraction of sp³-hybridized carbons (Fsp3) is 0. The summed E-state index contributed by atoms with van der Waals surface area (Å²) in [5, 5.41) is 8.45. The molecule has 0 aliphatic carbocycles. The van der Waals surface area contributed by atoms with Crippen LogP contribution in [0.4, 0.5) is 22.0 Å². The van der Waals surface area contributed by atoms with Gasteiger partial charge in [-0.05, 0) is 18.2 Å². The zero-order chi connectivity index (χ0) is 15.7. The Balaban J connectivity index is 2.56. The Kier molecular flexibility index (Phi) is 4.08. The highest BCUT2D eigenvalue weighted by Crippen LogP contribution is 2.35. The summed E-state index contributed by atoms with van der Waals surface area (Å²) in [6.07, 6.45) is 1.93. The number of carboxylic acid groups (broad SMARTS) is 1. The molecule has 1 aromatic carbocycles. The van der Waals surface area contributed by atoms with Crippen LogP contribution >= 0.6 is 11.3 Å². The Morgan fingerprint density at radius 3 is 2.00 bits per heavy atom. The third kappa shape index (κ3) is 2.80. The minimum atomic E-state index is -2.23. The number of halogens is 5. The normalized spacial score (nSPS) is 11.3. The van der Waals surface area contributed by atoms with Gasteiger partial charge in [0.05, 0.1) is 5.56 Å². The van der Waals surface area contributed by atoms with E-state index in [1.807, 2.05) is 0 Å². The molecule has 0 spiro atoms. The molecular formula is C13H5F5O2S. The smallest absolute Gasteiger partial charge is 0.328 e. The van der Waals surface area contributed by atoms with E-state index in [1.165, 1.54) is 6.07 Å². The molecule has 0 aliphatic heterocycles. The van der Waals surface area contributed by atoms with Crippen molar-refractivity contribution >= 4 is 23.4 Å². The van der Waals surface area contributed by atoms with Crippen LogP contribution in [0.25, 0.3) is 16.5 Å². The van der Waals surface area contributed by atoms with Crippen molar-refractivity contribution in [2.45, 2.75) is 0 Å². The van der Waals surface area contributed by atoms with Gasteiger partial charge < -0.3 is 5.11 Å². The minimum Gasteiger partial charge on any atom is -0.478 e. The SMILES string of the molecule is O=C(O)/C=C/c1ccc(-c2c(F)c(F)c(F)c(F)c2F)s1. The van der Waals surface area contributed by atoms with Crippen molar-refractivity contribution in [3.63, 3.8) is 0 Å². The lowest BCUT2D eigenvalue weighted by molar-refractivity contribution is -0.131. The van der Waals surface area contributed by atoms with Crippen LogP contribution in [0.2, 0.25) is 0 Å². The van der Waals surface area contributed by atoms with Crippen LogP contribution in [0, 0.1) is 29.1 Å². The van der Waals surface area contributed by atoms with E-state index in [9.17, 15) is 26.7 Å². The quantitative estimate of drug-likeness (QED) is 0.398. The average molecular weight is 320 g/mol. The van der Waals surface area contributed by atoms with Gasteiger partial charge in [0.25, 0.3) is 0 Å². The molecule has 0 saturated heterocycles. The predicted molar refractivity (Wildman–Crippen MR) is 66.2 cm³/mol. The van der Waals surface area contributed by atoms with Gasteiger partial charge in [0.1, 0.15) is 0 Å². The van der Waals surface area contributed by atoms with Crippen molar-refractivity contribution in [1.29, 1.82) is 0 Å². The maximum Gasteiger partial charge on any atom is 0.328 e. The van der Waals surface area contributed by atoms with E-state index in [0.717, 1.165) is 18.2 Å². The van der Waals surface area contributed by atoms with Crippen LogP contribution in [-0.2, 0) is 4.79 Å². The van der Waals surface area contributed by atoms with E-state index in [0.29, 0.717) is 11.3 Å². The summed E-state index contributed by atoms with van der Waals surface area (Å²) >= 11 is 0.694.